The van der Waals surface area contributed by atoms with Gasteiger partial charge in [0.15, 0.2) is 18.0 Å². The lowest BCUT2D eigenvalue weighted by molar-refractivity contribution is -0.114. The van der Waals surface area contributed by atoms with E-state index in [1.165, 1.54) is 22.8 Å². The maximum absolute atomic E-state index is 13.7. The number of alkyl halides is 2. The first kappa shape index (κ1) is 22.2. The number of hydrogen-bond donors (Lipinski definition) is 1. The summed E-state index contributed by atoms with van der Waals surface area (Å²) in [6, 6.07) is 6.93. The minimum Gasteiger partial charge on any atom is -0.331 e. The van der Waals surface area contributed by atoms with Gasteiger partial charge in [-0.25, -0.2) is 27.5 Å². The van der Waals surface area contributed by atoms with Gasteiger partial charge in [0.25, 0.3) is 11.8 Å². The third kappa shape index (κ3) is 3.75. The van der Waals surface area contributed by atoms with Gasteiger partial charge in [0.2, 0.25) is 0 Å². The summed E-state index contributed by atoms with van der Waals surface area (Å²) >= 11 is 0. The molecule has 4 atom stereocenters. The number of halogens is 3. The monoisotopic (exact) mass is 494 g/mol. The van der Waals surface area contributed by atoms with Crippen molar-refractivity contribution < 1.29 is 27.6 Å². The van der Waals surface area contributed by atoms with Gasteiger partial charge in [-0.3, -0.25) is 14.9 Å². The van der Waals surface area contributed by atoms with Crippen LogP contribution in [0, 0.1) is 5.82 Å². The van der Waals surface area contributed by atoms with Gasteiger partial charge in [0.05, 0.1) is 19.3 Å². The number of carbonyl (C=O) groups is 3. The smallest absolute Gasteiger partial charge is 0.331 e. The van der Waals surface area contributed by atoms with Crippen LogP contribution in [0.2, 0.25) is 0 Å². The molecule has 1 N–H and O–H groups in total. The fourth-order valence-corrected chi connectivity index (χ4v) is 4.69. The van der Waals surface area contributed by atoms with Gasteiger partial charge in [-0.05, 0) is 42.0 Å². The summed E-state index contributed by atoms with van der Waals surface area (Å²) in [5, 5.41) is 6.44. The number of imide groups is 1. The first-order valence-corrected chi connectivity index (χ1v) is 11.2. The van der Waals surface area contributed by atoms with E-state index in [0.29, 0.717) is 17.6 Å². The quantitative estimate of drug-likeness (QED) is 0.600. The van der Waals surface area contributed by atoms with E-state index in [1.54, 1.807) is 18.2 Å². The number of urea groups is 1. The number of rotatable bonds is 4. The third-order valence-corrected chi connectivity index (χ3v) is 6.60. The number of aliphatic imine (C=N–C) groups is 1. The van der Waals surface area contributed by atoms with Crippen molar-refractivity contribution in [3.05, 3.63) is 64.9 Å². The minimum atomic E-state index is -1.76. The molecule has 0 bridgehead atoms. The Bertz CT molecular complexity index is 1500. The van der Waals surface area contributed by atoms with Crippen molar-refractivity contribution >= 4 is 34.9 Å². The van der Waals surface area contributed by atoms with E-state index in [0.717, 1.165) is 10.5 Å². The van der Waals surface area contributed by atoms with Crippen LogP contribution in [0.1, 0.15) is 45.6 Å². The molecular formula is C24H17F3N6O3. The van der Waals surface area contributed by atoms with Crippen LogP contribution in [0.5, 0.6) is 0 Å². The van der Waals surface area contributed by atoms with Crippen LogP contribution in [0.4, 0.5) is 18.0 Å². The number of carbonyl (C=O) groups excluding carboxylic acids is 3. The summed E-state index contributed by atoms with van der Waals surface area (Å²) in [6.07, 6.45) is -1.47. The first-order chi connectivity index (χ1) is 17.3. The van der Waals surface area contributed by atoms with Crippen LogP contribution in [0.3, 0.4) is 0 Å². The molecule has 0 spiro atoms. The summed E-state index contributed by atoms with van der Waals surface area (Å²) in [4.78, 5) is 45.7. The van der Waals surface area contributed by atoms with Gasteiger partial charge >= 0.3 is 6.03 Å². The van der Waals surface area contributed by atoms with Crippen LogP contribution in [0.15, 0.2) is 41.5 Å². The fourth-order valence-electron chi connectivity index (χ4n) is 4.69. The molecular weight excluding hydrogens is 477 g/mol. The van der Waals surface area contributed by atoms with E-state index < -0.39 is 30.2 Å². The summed E-state index contributed by atoms with van der Waals surface area (Å²) in [5.74, 6) is 0.660. The fraction of sp³-hybridized carbons (Fsp3) is 0.292. The van der Waals surface area contributed by atoms with Gasteiger partial charge in [0, 0.05) is 11.4 Å². The zero-order valence-electron chi connectivity index (χ0n) is 18.5. The highest BCUT2D eigenvalue weighted by atomic mass is 19.2. The van der Waals surface area contributed by atoms with E-state index in [4.69, 9.17) is 0 Å². The second-order valence-electron chi connectivity index (χ2n) is 8.98. The van der Waals surface area contributed by atoms with Crippen molar-refractivity contribution in [2.24, 2.45) is 4.99 Å². The Morgan fingerprint density at radius 3 is 2.50 bits per heavy atom. The van der Waals surface area contributed by atoms with Crippen LogP contribution in [-0.2, 0) is 4.79 Å². The molecule has 3 aromatic rings. The molecule has 182 valence electrons. The zero-order chi connectivity index (χ0) is 25.1. The Morgan fingerprint density at radius 1 is 1.08 bits per heavy atom. The van der Waals surface area contributed by atoms with E-state index in [1.807, 2.05) is 0 Å². The minimum absolute atomic E-state index is 0.0445. The molecule has 1 saturated heterocycles. The number of hydrogen-bond acceptors (Lipinski definition) is 5. The number of nitrogens with zero attached hydrogens (tertiary/aromatic N) is 5. The van der Waals surface area contributed by atoms with Gasteiger partial charge < -0.3 is 4.90 Å². The molecule has 4 amide bonds. The number of fused-ring (bicyclic) bond motifs is 1. The molecule has 3 aliphatic rings. The second-order valence-corrected chi connectivity index (χ2v) is 8.98. The number of likely N-dealkylation sites (tertiary alicyclic amines) is 1. The molecule has 1 saturated carbocycles. The number of aromatic nitrogens is 3. The Labute approximate surface area is 201 Å². The zero-order valence-corrected chi connectivity index (χ0v) is 18.5. The lowest BCUT2D eigenvalue weighted by atomic mass is 10.0. The predicted octanol–water partition coefficient (Wildman–Crippen LogP) is 2.57. The van der Waals surface area contributed by atoms with Crippen molar-refractivity contribution in [3.8, 4) is 0 Å². The molecule has 0 radical (unpaired) electrons. The summed E-state index contributed by atoms with van der Waals surface area (Å²) in [5.41, 5.74) is 1.96. The summed E-state index contributed by atoms with van der Waals surface area (Å²) < 4.78 is 42.1. The predicted molar refractivity (Wildman–Crippen MR) is 120 cm³/mol. The largest absolute Gasteiger partial charge is 0.356 e. The molecule has 6 rings (SSSR count). The molecule has 2 fully saturated rings. The Kier molecular flexibility index (Phi) is 5.01. The van der Waals surface area contributed by atoms with Crippen LogP contribution in [0.25, 0.3) is 11.2 Å². The molecule has 1 aliphatic carbocycles. The van der Waals surface area contributed by atoms with Crippen molar-refractivity contribution in [3.63, 3.8) is 0 Å². The van der Waals surface area contributed by atoms with Gasteiger partial charge in [-0.1, -0.05) is 12.1 Å². The summed E-state index contributed by atoms with van der Waals surface area (Å²) in [6.45, 7) is -0.738. The maximum Gasteiger partial charge on any atom is 0.356 e. The van der Waals surface area contributed by atoms with Gasteiger partial charge in [-0.15, -0.1) is 4.99 Å². The third-order valence-electron chi connectivity index (χ3n) is 6.60. The molecule has 0 unspecified atom stereocenters. The lowest BCUT2D eigenvalue weighted by Gasteiger charge is -2.12. The van der Waals surface area contributed by atoms with Crippen molar-refractivity contribution in [2.45, 2.75) is 30.6 Å². The highest BCUT2D eigenvalue weighted by Crippen LogP contribution is 2.55. The standard InChI is InChI=1S/C24H17F3N6O3/c25-12-3-1-11(2-4-12)13-5-14(13)15-6-19(16-7-28-24(36)30-22(16)34)31-33-10-20(29-21(15)33)23(35)32-8-17(26)18(27)9-32/h1-4,6,10,13-14,17-18H,5,8-9H2,(H,30,34,36)/t13-,14+,17-,18+/m1/s1. The average molecular weight is 494 g/mol. The van der Waals surface area contributed by atoms with Crippen LogP contribution < -0.4 is 5.32 Å². The van der Waals surface area contributed by atoms with Gasteiger partial charge in [0.1, 0.15) is 22.8 Å². The Balaban J connectivity index is 1.43. The molecule has 2 aromatic heterocycles. The highest BCUT2D eigenvalue weighted by molar-refractivity contribution is 6.33. The topological polar surface area (TPSA) is 109 Å². The maximum atomic E-state index is 13.7. The second kappa shape index (κ2) is 8.13. The molecule has 12 heteroatoms. The lowest BCUT2D eigenvalue weighted by Crippen LogP contribution is -2.32. The highest BCUT2D eigenvalue weighted by Gasteiger charge is 2.42. The van der Waals surface area contributed by atoms with Crippen molar-refractivity contribution in [2.75, 3.05) is 13.1 Å². The van der Waals surface area contributed by atoms with E-state index in [9.17, 15) is 27.6 Å². The molecule has 9 nitrogen and oxygen atoms in total. The normalized spacial score (nSPS) is 25.3. The molecule has 4 heterocycles. The van der Waals surface area contributed by atoms with E-state index in [-0.39, 0.29) is 47.7 Å². The van der Waals surface area contributed by atoms with E-state index in [2.05, 4.69) is 26.3 Å². The Morgan fingerprint density at radius 2 is 1.81 bits per heavy atom. The number of benzene rings is 1. The first-order valence-electron chi connectivity index (χ1n) is 11.2. The average Bonchev–Trinajstić information content (AvgIpc) is 3.40. The van der Waals surface area contributed by atoms with Crippen molar-refractivity contribution in [1.29, 1.82) is 0 Å². The number of imidazole rings is 1. The van der Waals surface area contributed by atoms with E-state index >= 15 is 0 Å². The molecule has 2 aliphatic heterocycles. The molecule has 36 heavy (non-hydrogen) atoms. The van der Waals surface area contributed by atoms with Crippen molar-refractivity contribution in [1.82, 2.24) is 24.8 Å². The Hall–Kier alpha value is -4.31. The SMILES string of the molecule is O=C1N=C=C(c2cc([C@H]3C[C@@H]3c3ccc(F)cc3)c3nc(C(=O)N4C[C@@H](F)[C@@H](F)C4)cn3n2)C(=O)N1. The summed E-state index contributed by atoms with van der Waals surface area (Å²) in [7, 11) is 0. The number of amides is 4. The van der Waals surface area contributed by atoms with Crippen LogP contribution >= 0.6 is 0 Å². The van der Waals surface area contributed by atoms with Crippen LogP contribution in [-0.4, -0.2) is 68.6 Å². The van der Waals surface area contributed by atoms with Gasteiger partial charge in [-0.2, -0.15) is 5.10 Å². The number of nitrogens with one attached hydrogen (secondary N) is 1. The molecule has 1 aromatic carbocycles.